The molecular weight excluding hydrogens is 274 g/mol. The standard InChI is InChI=1S/C14H17N3O4/c1-9-2-3-10(6-12(9)17(19)20)14-15-7-13(18)16(14)11-4-5-21-8-11/h2-3,6,11,14-15H,4-5,7-8H2,1H3. The van der Waals surface area contributed by atoms with Crippen LogP contribution in [0.2, 0.25) is 0 Å². The number of aryl methyl sites for hydroxylation is 1. The number of benzene rings is 1. The zero-order valence-corrected chi connectivity index (χ0v) is 11.7. The summed E-state index contributed by atoms with van der Waals surface area (Å²) in [6.07, 6.45) is 0.487. The van der Waals surface area contributed by atoms with E-state index in [-0.39, 0.29) is 30.3 Å². The average Bonchev–Trinajstić information content (AvgIpc) is 3.08. The Hall–Kier alpha value is -1.99. The smallest absolute Gasteiger partial charge is 0.272 e. The first-order chi connectivity index (χ1) is 10.1. The van der Waals surface area contributed by atoms with Gasteiger partial charge in [-0.1, -0.05) is 12.1 Å². The molecule has 2 atom stereocenters. The second-order valence-corrected chi connectivity index (χ2v) is 5.40. The second kappa shape index (κ2) is 5.42. The van der Waals surface area contributed by atoms with Crippen LogP contribution in [0.15, 0.2) is 18.2 Å². The maximum atomic E-state index is 12.1. The molecule has 1 aromatic rings. The van der Waals surface area contributed by atoms with E-state index in [1.807, 2.05) is 6.07 Å². The summed E-state index contributed by atoms with van der Waals surface area (Å²) in [7, 11) is 0. The van der Waals surface area contributed by atoms with E-state index < -0.39 is 4.92 Å². The van der Waals surface area contributed by atoms with Gasteiger partial charge in [-0.25, -0.2) is 0 Å². The molecule has 112 valence electrons. The summed E-state index contributed by atoms with van der Waals surface area (Å²) in [6, 6.07) is 5.15. The highest BCUT2D eigenvalue weighted by molar-refractivity contribution is 5.81. The van der Waals surface area contributed by atoms with E-state index in [0.717, 1.165) is 12.0 Å². The third kappa shape index (κ3) is 2.50. The molecule has 0 saturated carbocycles. The molecule has 0 aromatic heterocycles. The third-order valence-electron chi connectivity index (χ3n) is 4.06. The van der Waals surface area contributed by atoms with Crippen molar-refractivity contribution in [2.75, 3.05) is 19.8 Å². The number of nitro benzene ring substituents is 1. The predicted octanol–water partition coefficient (Wildman–Crippen LogP) is 1.12. The molecule has 7 nitrogen and oxygen atoms in total. The highest BCUT2D eigenvalue weighted by Crippen LogP contribution is 2.31. The van der Waals surface area contributed by atoms with Crippen LogP contribution in [0.5, 0.6) is 0 Å². The van der Waals surface area contributed by atoms with Crippen LogP contribution < -0.4 is 5.32 Å². The van der Waals surface area contributed by atoms with Gasteiger partial charge in [0.2, 0.25) is 5.91 Å². The Kier molecular flexibility index (Phi) is 3.60. The van der Waals surface area contributed by atoms with Gasteiger partial charge in [0.05, 0.1) is 24.1 Å². The first-order valence-electron chi connectivity index (χ1n) is 6.95. The SMILES string of the molecule is Cc1ccc(C2NCC(=O)N2C2CCOC2)cc1[N+](=O)[O-]. The van der Waals surface area contributed by atoms with Crippen molar-refractivity contribution in [2.24, 2.45) is 0 Å². The van der Waals surface area contributed by atoms with Crippen LogP contribution in [0.3, 0.4) is 0 Å². The minimum atomic E-state index is -0.390. The van der Waals surface area contributed by atoms with Crippen molar-refractivity contribution in [1.29, 1.82) is 0 Å². The molecular formula is C14H17N3O4. The maximum absolute atomic E-state index is 12.1. The summed E-state index contributed by atoms with van der Waals surface area (Å²) in [5.41, 5.74) is 1.44. The van der Waals surface area contributed by atoms with Crippen molar-refractivity contribution in [3.05, 3.63) is 39.4 Å². The molecule has 2 saturated heterocycles. The van der Waals surface area contributed by atoms with E-state index in [0.29, 0.717) is 18.8 Å². The van der Waals surface area contributed by atoms with Crippen LogP contribution in [0.25, 0.3) is 0 Å². The number of amides is 1. The molecule has 3 rings (SSSR count). The van der Waals surface area contributed by atoms with E-state index in [2.05, 4.69) is 5.32 Å². The third-order valence-corrected chi connectivity index (χ3v) is 4.06. The normalized spacial score (nSPS) is 25.6. The van der Waals surface area contributed by atoms with Crippen molar-refractivity contribution >= 4 is 11.6 Å². The van der Waals surface area contributed by atoms with Gasteiger partial charge in [-0.2, -0.15) is 0 Å². The minimum Gasteiger partial charge on any atom is -0.379 e. The number of nitro groups is 1. The molecule has 2 fully saturated rings. The number of carbonyl (C=O) groups excluding carboxylic acids is 1. The fraction of sp³-hybridized carbons (Fsp3) is 0.500. The first-order valence-corrected chi connectivity index (χ1v) is 6.95. The quantitative estimate of drug-likeness (QED) is 0.666. The van der Waals surface area contributed by atoms with Gasteiger partial charge in [-0.3, -0.25) is 20.2 Å². The second-order valence-electron chi connectivity index (χ2n) is 5.40. The highest BCUT2D eigenvalue weighted by atomic mass is 16.6. The van der Waals surface area contributed by atoms with Crippen LogP contribution in [-0.4, -0.2) is 41.5 Å². The molecule has 2 aliphatic heterocycles. The topological polar surface area (TPSA) is 84.7 Å². The van der Waals surface area contributed by atoms with Gasteiger partial charge in [-0.15, -0.1) is 0 Å². The molecule has 1 N–H and O–H groups in total. The fourth-order valence-electron chi connectivity index (χ4n) is 2.95. The van der Waals surface area contributed by atoms with E-state index in [9.17, 15) is 14.9 Å². The zero-order chi connectivity index (χ0) is 15.0. The molecule has 7 heteroatoms. The van der Waals surface area contributed by atoms with Gasteiger partial charge in [0, 0.05) is 18.2 Å². The maximum Gasteiger partial charge on any atom is 0.272 e. The Balaban J connectivity index is 1.93. The zero-order valence-electron chi connectivity index (χ0n) is 11.7. The molecule has 2 aliphatic rings. The summed E-state index contributed by atoms with van der Waals surface area (Å²) in [4.78, 5) is 24.6. The highest BCUT2D eigenvalue weighted by Gasteiger charge is 2.38. The molecule has 2 unspecified atom stereocenters. The van der Waals surface area contributed by atoms with Crippen LogP contribution in [0.4, 0.5) is 5.69 Å². The van der Waals surface area contributed by atoms with Gasteiger partial charge >= 0.3 is 0 Å². The fourth-order valence-corrected chi connectivity index (χ4v) is 2.95. The summed E-state index contributed by atoms with van der Waals surface area (Å²) in [5.74, 6) is 0.0127. The predicted molar refractivity (Wildman–Crippen MR) is 74.6 cm³/mol. The van der Waals surface area contributed by atoms with E-state index in [1.165, 1.54) is 0 Å². The van der Waals surface area contributed by atoms with Gasteiger partial charge in [0.25, 0.3) is 5.69 Å². The first kappa shape index (κ1) is 14.0. The van der Waals surface area contributed by atoms with E-state index in [1.54, 1.807) is 24.0 Å². The lowest BCUT2D eigenvalue weighted by atomic mass is 10.1. The summed E-state index contributed by atoms with van der Waals surface area (Å²) in [6.45, 7) is 3.13. The molecule has 1 amide bonds. The number of nitrogens with one attached hydrogen (secondary N) is 1. The van der Waals surface area contributed by atoms with Crippen LogP contribution in [0.1, 0.15) is 23.7 Å². The Bertz CT molecular complexity index is 584. The Morgan fingerprint density at radius 1 is 1.48 bits per heavy atom. The van der Waals surface area contributed by atoms with Crippen molar-refractivity contribution in [3.8, 4) is 0 Å². The number of hydrogen-bond acceptors (Lipinski definition) is 5. The molecule has 1 aromatic carbocycles. The molecule has 21 heavy (non-hydrogen) atoms. The van der Waals surface area contributed by atoms with Gasteiger partial charge < -0.3 is 9.64 Å². The largest absolute Gasteiger partial charge is 0.379 e. The average molecular weight is 291 g/mol. The van der Waals surface area contributed by atoms with Crippen molar-refractivity contribution in [3.63, 3.8) is 0 Å². The summed E-state index contributed by atoms with van der Waals surface area (Å²) < 4.78 is 5.35. The number of nitrogens with zero attached hydrogens (tertiary/aromatic N) is 2. The van der Waals surface area contributed by atoms with Crippen molar-refractivity contribution in [1.82, 2.24) is 10.2 Å². The van der Waals surface area contributed by atoms with Gasteiger partial charge in [0.15, 0.2) is 0 Å². The molecule has 0 radical (unpaired) electrons. The van der Waals surface area contributed by atoms with Gasteiger partial charge in [-0.05, 0) is 18.9 Å². The molecule has 0 bridgehead atoms. The number of rotatable bonds is 3. The van der Waals surface area contributed by atoms with Gasteiger partial charge in [0.1, 0.15) is 6.17 Å². The molecule has 0 aliphatic carbocycles. The Labute approximate surface area is 122 Å². The monoisotopic (exact) mass is 291 g/mol. The number of carbonyl (C=O) groups is 1. The summed E-state index contributed by atoms with van der Waals surface area (Å²) >= 11 is 0. The minimum absolute atomic E-state index is 0.0127. The van der Waals surface area contributed by atoms with E-state index in [4.69, 9.17) is 4.74 Å². The van der Waals surface area contributed by atoms with Crippen LogP contribution in [0, 0.1) is 17.0 Å². The number of hydrogen-bond donors (Lipinski definition) is 1. The van der Waals surface area contributed by atoms with E-state index >= 15 is 0 Å². The lowest BCUT2D eigenvalue weighted by Crippen LogP contribution is -2.40. The lowest BCUT2D eigenvalue weighted by Gasteiger charge is -2.29. The van der Waals surface area contributed by atoms with Crippen molar-refractivity contribution in [2.45, 2.75) is 25.6 Å². The number of ether oxygens (including phenoxy) is 1. The summed E-state index contributed by atoms with van der Waals surface area (Å²) in [5, 5.41) is 14.2. The van der Waals surface area contributed by atoms with Crippen molar-refractivity contribution < 1.29 is 14.5 Å². The van der Waals surface area contributed by atoms with Crippen LogP contribution >= 0.6 is 0 Å². The van der Waals surface area contributed by atoms with Crippen LogP contribution in [-0.2, 0) is 9.53 Å². The Morgan fingerprint density at radius 2 is 2.29 bits per heavy atom. The molecule has 2 heterocycles. The lowest BCUT2D eigenvalue weighted by molar-refractivity contribution is -0.385. The Morgan fingerprint density at radius 3 is 2.95 bits per heavy atom. The molecule has 0 spiro atoms.